The van der Waals surface area contributed by atoms with Crippen molar-refractivity contribution < 1.29 is 13.6 Å². The molecule has 0 radical (unpaired) electrons. The summed E-state index contributed by atoms with van der Waals surface area (Å²) < 4.78 is 24.0. The standard InChI is InChI=1S/C35H32FN5O5/c1-38-12-14-40(15-13-38)35(45)25-19-41-27-17-22-23(32(43)21-7-3-2-6-20(21)31(22)42)18-28(27)46-34-29(37-8-11-39-9-4-5-10-39)26(36)16-24(30(34)41)33(25)44/h2-3,6-7,16-19,37H,4-5,8-15H2,1H3. The number of hydrogen-bond acceptors (Lipinski definition) is 8. The summed E-state index contributed by atoms with van der Waals surface area (Å²) in [7, 11) is 1.97. The minimum absolute atomic E-state index is 0.00584. The van der Waals surface area contributed by atoms with E-state index in [0.29, 0.717) is 55.6 Å². The zero-order valence-corrected chi connectivity index (χ0v) is 25.4. The number of carbonyl (C=O) groups excluding carboxylic acids is 1. The Kier molecular flexibility index (Phi) is 6.77. The number of hydrogen-bond donors (Lipinski definition) is 1. The highest BCUT2D eigenvalue weighted by Gasteiger charge is 2.27. The van der Waals surface area contributed by atoms with E-state index in [0.717, 1.165) is 32.0 Å². The van der Waals surface area contributed by atoms with Gasteiger partial charge in [-0.3, -0.25) is 19.2 Å². The molecule has 0 aliphatic carbocycles. The van der Waals surface area contributed by atoms with Crippen molar-refractivity contribution >= 4 is 60.7 Å². The van der Waals surface area contributed by atoms with Crippen LogP contribution in [0.1, 0.15) is 23.2 Å². The number of nitrogens with zero attached hydrogens (tertiary/aromatic N) is 4. The van der Waals surface area contributed by atoms with Gasteiger partial charge in [0.25, 0.3) is 5.91 Å². The Bertz CT molecular complexity index is 2390. The number of likely N-dealkylation sites (N-methyl/N-ethyl adjacent to an activating group) is 1. The molecule has 0 bridgehead atoms. The molecule has 0 atom stereocenters. The second-order valence-electron chi connectivity index (χ2n) is 12.4. The smallest absolute Gasteiger partial charge is 0.259 e. The van der Waals surface area contributed by atoms with Crippen LogP contribution in [0, 0.1) is 5.82 Å². The van der Waals surface area contributed by atoms with E-state index in [4.69, 9.17) is 4.42 Å². The number of amides is 1. The molecule has 2 aromatic heterocycles. The lowest BCUT2D eigenvalue weighted by molar-refractivity contribution is 0.0662. The summed E-state index contributed by atoms with van der Waals surface area (Å²) in [5, 5.41) is 4.16. The Morgan fingerprint density at radius 1 is 0.848 bits per heavy atom. The lowest BCUT2D eigenvalue weighted by atomic mass is 10.0. The van der Waals surface area contributed by atoms with Gasteiger partial charge in [-0.25, -0.2) is 4.39 Å². The number of rotatable bonds is 5. The van der Waals surface area contributed by atoms with Crippen molar-refractivity contribution in [1.82, 2.24) is 19.1 Å². The third kappa shape index (κ3) is 4.45. The van der Waals surface area contributed by atoms with Crippen molar-refractivity contribution in [3.8, 4) is 0 Å². The maximum absolute atomic E-state index is 16.0. The number of carbonyl (C=O) groups is 1. The van der Waals surface area contributed by atoms with Crippen molar-refractivity contribution in [3.63, 3.8) is 0 Å². The molecule has 11 heteroatoms. The summed E-state index contributed by atoms with van der Waals surface area (Å²) >= 11 is 0. The quantitative estimate of drug-likeness (QED) is 0.230. The van der Waals surface area contributed by atoms with Gasteiger partial charge >= 0.3 is 0 Å². The average molecular weight is 622 g/mol. The molecule has 0 saturated carbocycles. The third-order valence-electron chi connectivity index (χ3n) is 9.62. The van der Waals surface area contributed by atoms with Crippen LogP contribution in [0.25, 0.3) is 49.1 Å². The highest BCUT2D eigenvalue weighted by molar-refractivity contribution is 6.08. The fourth-order valence-electron chi connectivity index (χ4n) is 7.05. The number of likely N-dealkylation sites (tertiary alicyclic amines) is 1. The fraction of sp³-hybridized carbons (Fsp3) is 0.314. The van der Waals surface area contributed by atoms with Crippen molar-refractivity contribution in [3.05, 3.63) is 90.7 Å². The van der Waals surface area contributed by atoms with Crippen LogP contribution in [0.15, 0.2) is 67.5 Å². The molecule has 1 N–H and O–H groups in total. The van der Waals surface area contributed by atoms with Crippen LogP contribution in [0.2, 0.25) is 0 Å². The lowest BCUT2D eigenvalue weighted by Crippen LogP contribution is -2.48. The molecule has 1 amide bonds. The first-order valence-electron chi connectivity index (χ1n) is 15.7. The van der Waals surface area contributed by atoms with E-state index < -0.39 is 17.2 Å². The highest BCUT2D eigenvalue weighted by atomic mass is 19.1. The van der Waals surface area contributed by atoms with Gasteiger partial charge in [-0.2, -0.15) is 0 Å². The summed E-state index contributed by atoms with van der Waals surface area (Å²) in [6.07, 6.45) is 3.73. The lowest BCUT2D eigenvalue weighted by Gasteiger charge is -2.32. The van der Waals surface area contributed by atoms with Crippen molar-refractivity contribution in [1.29, 1.82) is 0 Å². The maximum atomic E-state index is 16.0. The molecular formula is C35H32FN5O5. The van der Waals surface area contributed by atoms with Crippen LogP contribution >= 0.6 is 0 Å². The molecule has 0 spiro atoms. The van der Waals surface area contributed by atoms with Gasteiger partial charge in [0.15, 0.2) is 27.8 Å². The molecule has 2 aliphatic rings. The normalized spacial score (nSPS) is 16.5. The minimum atomic E-state index is -0.682. The topological polar surface area (TPSA) is 108 Å². The second kappa shape index (κ2) is 10.9. The van der Waals surface area contributed by atoms with Gasteiger partial charge in [-0.15, -0.1) is 0 Å². The molecule has 234 valence electrons. The van der Waals surface area contributed by atoms with E-state index in [1.807, 2.05) is 7.05 Å². The summed E-state index contributed by atoms with van der Waals surface area (Å²) in [5.74, 6) is -1.12. The van der Waals surface area contributed by atoms with Gasteiger partial charge in [0.1, 0.15) is 16.8 Å². The van der Waals surface area contributed by atoms with E-state index in [9.17, 15) is 19.2 Å². The largest absolute Gasteiger partial charge is 0.451 e. The summed E-state index contributed by atoms with van der Waals surface area (Å²) in [5.41, 5.74) is -0.271. The molecule has 0 unspecified atom stereocenters. The summed E-state index contributed by atoms with van der Waals surface area (Å²) in [6.45, 7) is 5.38. The van der Waals surface area contributed by atoms with Crippen LogP contribution < -0.4 is 21.6 Å². The molecule has 2 fully saturated rings. The molecule has 8 rings (SSSR count). The minimum Gasteiger partial charge on any atom is -0.451 e. The van der Waals surface area contributed by atoms with Crippen molar-refractivity contribution in [2.75, 3.05) is 64.7 Å². The Hall–Kier alpha value is -4.87. The number of piperazine rings is 1. The van der Waals surface area contributed by atoms with Crippen LogP contribution in [0.4, 0.5) is 10.1 Å². The molecule has 6 aromatic rings. The highest BCUT2D eigenvalue weighted by Crippen LogP contribution is 2.35. The van der Waals surface area contributed by atoms with Gasteiger partial charge in [-0.05, 0) is 51.2 Å². The average Bonchev–Trinajstić information content (AvgIpc) is 3.59. The van der Waals surface area contributed by atoms with Gasteiger partial charge in [0.2, 0.25) is 5.43 Å². The molecule has 4 aromatic carbocycles. The zero-order chi connectivity index (χ0) is 31.7. The third-order valence-corrected chi connectivity index (χ3v) is 9.62. The summed E-state index contributed by atoms with van der Waals surface area (Å²) in [6, 6.07) is 10.9. The van der Waals surface area contributed by atoms with Gasteiger partial charge in [0, 0.05) is 67.0 Å². The molecule has 46 heavy (non-hydrogen) atoms. The van der Waals surface area contributed by atoms with E-state index in [1.54, 1.807) is 39.6 Å². The van der Waals surface area contributed by atoms with Crippen molar-refractivity contribution in [2.24, 2.45) is 0 Å². The number of fused-ring (bicyclic) bond motifs is 4. The number of nitrogens with one attached hydrogen (secondary N) is 1. The van der Waals surface area contributed by atoms with E-state index >= 15 is 4.39 Å². The molecule has 2 aliphatic heterocycles. The first kappa shape index (κ1) is 28.6. The van der Waals surface area contributed by atoms with Gasteiger partial charge in [-0.1, -0.05) is 24.3 Å². The molecule has 10 nitrogen and oxygen atoms in total. The second-order valence-corrected chi connectivity index (χ2v) is 12.4. The first-order valence-corrected chi connectivity index (χ1v) is 15.7. The molecule has 2 saturated heterocycles. The maximum Gasteiger partial charge on any atom is 0.259 e. The van der Waals surface area contributed by atoms with Gasteiger partial charge in [0.05, 0.1) is 10.9 Å². The van der Waals surface area contributed by atoms with E-state index in [-0.39, 0.29) is 54.9 Å². The summed E-state index contributed by atoms with van der Waals surface area (Å²) in [4.78, 5) is 61.0. The van der Waals surface area contributed by atoms with Crippen LogP contribution in [-0.2, 0) is 0 Å². The monoisotopic (exact) mass is 621 g/mol. The predicted octanol–water partition coefficient (Wildman–Crippen LogP) is 3.70. The Balaban J connectivity index is 1.41. The van der Waals surface area contributed by atoms with Crippen LogP contribution in [0.5, 0.6) is 0 Å². The van der Waals surface area contributed by atoms with Crippen LogP contribution in [0.3, 0.4) is 0 Å². The molecular weight excluding hydrogens is 589 g/mol. The number of pyridine rings is 1. The fourth-order valence-corrected chi connectivity index (χ4v) is 7.05. The number of anilines is 1. The Labute approximate surface area is 261 Å². The first-order chi connectivity index (χ1) is 22.3. The van der Waals surface area contributed by atoms with Gasteiger partial charge < -0.3 is 28.8 Å². The van der Waals surface area contributed by atoms with E-state index in [2.05, 4.69) is 15.1 Å². The SMILES string of the molecule is CN1CCN(C(=O)c2cn3c4cc5c(=O)c6ccccc6c(=O)c5cc4oc4c(NCCN5CCCC5)c(F)cc(c2=O)c43)CC1. The zero-order valence-electron chi connectivity index (χ0n) is 25.4. The Morgan fingerprint density at radius 3 is 2.22 bits per heavy atom. The predicted molar refractivity (Wildman–Crippen MR) is 177 cm³/mol. The number of aromatic nitrogens is 1. The van der Waals surface area contributed by atoms with Crippen LogP contribution in [-0.4, -0.2) is 84.4 Å². The number of benzene rings is 4. The van der Waals surface area contributed by atoms with Crippen molar-refractivity contribution in [2.45, 2.75) is 12.8 Å². The van der Waals surface area contributed by atoms with E-state index in [1.165, 1.54) is 12.3 Å². The molecule has 4 heterocycles. The number of halogens is 1. The Morgan fingerprint density at radius 2 is 1.52 bits per heavy atom.